The van der Waals surface area contributed by atoms with Crippen LogP contribution in [0.4, 0.5) is 0 Å². The number of hydrogen-bond acceptors (Lipinski definition) is 6. The first kappa shape index (κ1) is 12.3. The van der Waals surface area contributed by atoms with E-state index >= 15 is 0 Å². The van der Waals surface area contributed by atoms with Crippen molar-refractivity contribution < 1.29 is 10.2 Å². The van der Waals surface area contributed by atoms with Gasteiger partial charge in [-0.25, -0.2) is 4.98 Å². The topological polar surface area (TPSA) is 56.6 Å². The molecule has 0 saturated carbocycles. The second kappa shape index (κ2) is 5.07. The van der Waals surface area contributed by atoms with E-state index in [0.717, 1.165) is 16.3 Å². The molecule has 3 heterocycles. The monoisotopic (exact) mass is 282 g/mol. The van der Waals surface area contributed by atoms with Gasteiger partial charge in [0.15, 0.2) is 0 Å². The summed E-state index contributed by atoms with van der Waals surface area (Å²) in [5, 5.41) is 26.2. The lowest BCUT2D eigenvalue weighted by molar-refractivity contribution is 0.0572. The van der Waals surface area contributed by atoms with Crippen LogP contribution >= 0.6 is 22.7 Å². The first-order valence-corrected chi connectivity index (χ1v) is 7.60. The van der Waals surface area contributed by atoms with Crippen molar-refractivity contribution in [3.63, 3.8) is 0 Å². The van der Waals surface area contributed by atoms with E-state index in [-0.39, 0.29) is 0 Å². The van der Waals surface area contributed by atoms with Crippen LogP contribution in [-0.2, 0) is 6.54 Å². The van der Waals surface area contributed by atoms with E-state index in [0.29, 0.717) is 19.6 Å². The van der Waals surface area contributed by atoms with Crippen molar-refractivity contribution in [1.29, 1.82) is 0 Å². The highest BCUT2D eigenvalue weighted by Gasteiger charge is 2.29. The molecule has 0 bridgehead atoms. The quantitative estimate of drug-likeness (QED) is 0.894. The number of β-amino-alcohol motifs (C(OH)–C–C–N with tert-alkyl or cyclic N) is 2. The maximum Gasteiger partial charge on any atom is 0.124 e. The van der Waals surface area contributed by atoms with Crippen LogP contribution in [-0.4, -0.2) is 45.4 Å². The highest BCUT2D eigenvalue weighted by molar-refractivity contribution is 7.14. The smallest absolute Gasteiger partial charge is 0.124 e. The Hall–Kier alpha value is -0.790. The molecule has 1 fully saturated rings. The summed E-state index contributed by atoms with van der Waals surface area (Å²) in [5.41, 5.74) is 2.17. The number of nitrogens with zero attached hydrogens (tertiary/aromatic N) is 2. The summed E-state index contributed by atoms with van der Waals surface area (Å²) in [6, 6.07) is 2.07. The fourth-order valence-electron chi connectivity index (χ4n) is 2.10. The van der Waals surface area contributed by atoms with Gasteiger partial charge in [-0.15, -0.1) is 11.3 Å². The van der Waals surface area contributed by atoms with Crippen molar-refractivity contribution in [3.8, 4) is 10.6 Å². The molecule has 18 heavy (non-hydrogen) atoms. The van der Waals surface area contributed by atoms with Crippen molar-refractivity contribution in [2.45, 2.75) is 18.8 Å². The summed E-state index contributed by atoms with van der Waals surface area (Å²) < 4.78 is 0. The van der Waals surface area contributed by atoms with Crippen LogP contribution in [0.2, 0.25) is 0 Å². The molecule has 2 atom stereocenters. The molecule has 96 valence electrons. The van der Waals surface area contributed by atoms with Gasteiger partial charge in [0.25, 0.3) is 0 Å². The minimum Gasteiger partial charge on any atom is -0.389 e. The highest BCUT2D eigenvalue weighted by Crippen LogP contribution is 2.26. The molecule has 1 saturated heterocycles. The van der Waals surface area contributed by atoms with Gasteiger partial charge in [-0.3, -0.25) is 4.90 Å². The third kappa shape index (κ3) is 2.48. The van der Waals surface area contributed by atoms with Gasteiger partial charge in [-0.05, 0) is 11.4 Å². The van der Waals surface area contributed by atoms with Crippen molar-refractivity contribution in [2.24, 2.45) is 0 Å². The molecule has 6 heteroatoms. The summed E-state index contributed by atoms with van der Waals surface area (Å²) in [7, 11) is 0. The largest absolute Gasteiger partial charge is 0.389 e. The van der Waals surface area contributed by atoms with E-state index in [2.05, 4.69) is 16.4 Å². The maximum atomic E-state index is 9.49. The molecule has 0 radical (unpaired) electrons. The van der Waals surface area contributed by atoms with E-state index in [1.807, 2.05) is 15.7 Å². The van der Waals surface area contributed by atoms with Crippen LogP contribution in [0.15, 0.2) is 22.2 Å². The summed E-state index contributed by atoms with van der Waals surface area (Å²) in [6.45, 7) is 1.73. The third-order valence-corrected chi connectivity index (χ3v) is 4.66. The standard InChI is InChI=1S/C12H14N2O2S2/c15-10-4-14(5-11(10)16)3-9-7-18-12(13-9)8-1-2-17-6-8/h1-2,6-7,10-11,15-16H,3-5H2/t10-,11+. The van der Waals surface area contributed by atoms with Crippen LogP contribution in [0.1, 0.15) is 5.69 Å². The average molecular weight is 282 g/mol. The molecule has 0 amide bonds. The van der Waals surface area contributed by atoms with Crippen molar-refractivity contribution >= 4 is 22.7 Å². The van der Waals surface area contributed by atoms with Crippen LogP contribution in [0.5, 0.6) is 0 Å². The number of thiazole rings is 1. The molecule has 0 aromatic carbocycles. The molecule has 4 nitrogen and oxygen atoms in total. The Bertz CT molecular complexity index is 502. The Balaban J connectivity index is 1.68. The normalized spacial score (nSPS) is 24.8. The lowest BCUT2D eigenvalue weighted by Gasteiger charge is -2.12. The SMILES string of the molecule is O[C@@H]1CN(Cc2csc(-c3ccsc3)n2)C[C@@H]1O. The summed E-state index contributed by atoms with van der Waals surface area (Å²) in [6.07, 6.45) is -1.25. The van der Waals surface area contributed by atoms with Crippen molar-refractivity contribution in [3.05, 3.63) is 27.9 Å². The Labute approximate surface area is 113 Å². The predicted octanol–water partition coefficient (Wildman–Crippen LogP) is 1.41. The first-order chi connectivity index (χ1) is 8.72. The second-order valence-electron chi connectivity index (χ2n) is 4.48. The number of aromatic nitrogens is 1. The van der Waals surface area contributed by atoms with E-state index < -0.39 is 12.2 Å². The Morgan fingerprint density at radius 3 is 2.72 bits per heavy atom. The molecule has 0 unspecified atom stereocenters. The van der Waals surface area contributed by atoms with Gasteiger partial charge in [0.05, 0.1) is 17.9 Å². The van der Waals surface area contributed by atoms with Crippen LogP contribution in [0.3, 0.4) is 0 Å². The average Bonchev–Trinajstić information content (AvgIpc) is 3.02. The van der Waals surface area contributed by atoms with Gasteiger partial charge >= 0.3 is 0 Å². The number of rotatable bonds is 3. The molecular weight excluding hydrogens is 268 g/mol. The van der Waals surface area contributed by atoms with E-state index in [9.17, 15) is 10.2 Å². The fraction of sp³-hybridized carbons (Fsp3) is 0.417. The zero-order valence-electron chi connectivity index (χ0n) is 9.69. The molecule has 2 aromatic heterocycles. The number of hydrogen-bond donors (Lipinski definition) is 2. The van der Waals surface area contributed by atoms with Crippen LogP contribution in [0.25, 0.3) is 10.6 Å². The molecule has 2 aromatic rings. The first-order valence-electron chi connectivity index (χ1n) is 5.78. The van der Waals surface area contributed by atoms with Gasteiger partial charge < -0.3 is 10.2 Å². The zero-order chi connectivity index (χ0) is 12.5. The van der Waals surface area contributed by atoms with Crippen LogP contribution < -0.4 is 0 Å². The van der Waals surface area contributed by atoms with Gasteiger partial charge in [0.1, 0.15) is 5.01 Å². The number of aliphatic hydroxyl groups is 2. The van der Waals surface area contributed by atoms with E-state index in [4.69, 9.17) is 0 Å². The van der Waals surface area contributed by atoms with Crippen molar-refractivity contribution in [1.82, 2.24) is 9.88 Å². The second-order valence-corrected chi connectivity index (χ2v) is 6.12. The Kier molecular flexibility index (Phi) is 3.45. The number of thiophene rings is 1. The minimum atomic E-state index is -0.625. The van der Waals surface area contributed by atoms with Crippen LogP contribution in [0, 0.1) is 0 Å². The number of likely N-dealkylation sites (tertiary alicyclic amines) is 1. The molecule has 1 aliphatic rings. The lowest BCUT2D eigenvalue weighted by Crippen LogP contribution is -2.22. The zero-order valence-corrected chi connectivity index (χ0v) is 11.3. The Morgan fingerprint density at radius 2 is 2.06 bits per heavy atom. The summed E-state index contributed by atoms with van der Waals surface area (Å²) in [5.74, 6) is 0. The Morgan fingerprint density at radius 1 is 1.28 bits per heavy atom. The van der Waals surface area contributed by atoms with Gasteiger partial charge in [-0.2, -0.15) is 11.3 Å². The fourth-order valence-corrected chi connectivity index (χ4v) is 3.63. The maximum absolute atomic E-state index is 9.49. The summed E-state index contributed by atoms with van der Waals surface area (Å²) in [4.78, 5) is 6.62. The van der Waals surface area contributed by atoms with Gasteiger partial charge in [0.2, 0.25) is 0 Å². The lowest BCUT2D eigenvalue weighted by atomic mass is 10.3. The third-order valence-electron chi connectivity index (χ3n) is 3.04. The van der Waals surface area contributed by atoms with E-state index in [1.165, 1.54) is 0 Å². The molecule has 0 spiro atoms. The number of aliphatic hydroxyl groups excluding tert-OH is 2. The van der Waals surface area contributed by atoms with E-state index in [1.54, 1.807) is 22.7 Å². The predicted molar refractivity (Wildman–Crippen MR) is 72.7 cm³/mol. The molecule has 2 N–H and O–H groups in total. The molecular formula is C12H14N2O2S2. The van der Waals surface area contributed by atoms with Crippen molar-refractivity contribution in [2.75, 3.05) is 13.1 Å². The van der Waals surface area contributed by atoms with Gasteiger partial charge in [-0.1, -0.05) is 0 Å². The summed E-state index contributed by atoms with van der Waals surface area (Å²) >= 11 is 3.30. The highest BCUT2D eigenvalue weighted by atomic mass is 32.1. The van der Waals surface area contributed by atoms with Gasteiger partial charge in [0, 0.05) is 36.0 Å². The molecule has 0 aliphatic carbocycles. The molecule has 1 aliphatic heterocycles. The minimum absolute atomic E-state index is 0.520. The molecule has 3 rings (SSSR count).